The smallest absolute Gasteiger partial charge is 0.240 e. The number of fused-ring (bicyclic) bond motifs is 1. The van der Waals surface area contributed by atoms with Gasteiger partial charge in [0.1, 0.15) is 0 Å². The maximum absolute atomic E-state index is 12.4. The van der Waals surface area contributed by atoms with Gasteiger partial charge in [-0.15, -0.1) is 11.3 Å². The molecule has 0 aliphatic heterocycles. The van der Waals surface area contributed by atoms with E-state index in [1.54, 1.807) is 12.1 Å². The molecule has 1 aromatic carbocycles. The van der Waals surface area contributed by atoms with Crippen molar-refractivity contribution < 1.29 is 13.2 Å². The average Bonchev–Trinajstić information content (AvgIpc) is 2.99. The van der Waals surface area contributed by atoms with E-state index < -0.39 is 10.0 Å². The molecule has 0 unspecified atom stereocenters. The number of thiazole rings is 1. The highest BCUT2D eigenvalue weighted by Crippen LogP contribution is 2.24. The Morgan fingerprint density at radius 3 is 2.72 bits per heavy atom. The van der Waals surface area contributed by atoms with Crippen molar-refractivity contribution in [1.82, 2.24) is 9.71 Å². The van der Waals surface area contributed by atoms with Crippen LogP contribution in [0.1, 0.15) is 36.1 Å². The van der Waals surface area contributed by atoms with Crippen LogP contribution >= 0.6 is 11.3 Å². The molecule has 1 heterocycles. The van der Waals surface area contributed by atoms with Gasteiger partial charge in [-0.25, -0.2) is 18.1 Å². The molecule has 0 saturated carbocycles. The Hall–Kier alpha value is -1.77. The Balaban J connectivity index is 1.55. The van der Waals surface area contributed by atoms with Crippen LogP contribution < -0.4 is 10.0 Å². The zero-order valence-corrected chi connectivity index (χ0v) is 15.7. The summed E-state index contributed by atoms with van der Waals surface area (Å²) in [6.07, 6.45) is 4.25. The van der Waals surface area contributed by atoms with Crippen LogP contribution in [0, 0.1) is 6.92 Å². The molecule has 1 aliphatic carbocycles. The van der Waals surface area contributed by atoms with E-state index in [1.807, 2.05) is 18.4 Å². The highest BCUT2D eigenvalue weighted by Gasteiger charge is 2.18. The fourth-order valence-corrected chi connectivity index (χ4v) is 4.64. The van der Waals surface area contributed by atoms with E-state index in [4.69, 9.17) is 0 Å². The summed E-state index contributed by atoms with van der Waals surface area (Å²) in [4.78, 5) is 16.3. The minimum atomic E-state index is -3.60. The largest absolute Gasteiger partial charge is 0.302 e. The topological polar surface area (TPSA) is 88.2 Å². The Morgan fingerprint density at radius 1 is 1.24 bits per heavy atom. The van der Waals surface area contributed by atoms with Crippen molar-refractivity contribution in [1.29, 1.82) is 0 Å². The molecule has 0 fully saturated rings. The monoisotopic (exact) mass is 379 g/mol. The summed E-state index contributed by atoms with van der Waals surface area (Å²) < 4.78 is 27.3. The standard InChI is InChI=1S/C17H21N3O3S2/c1-12-11-24-17(19-12)20-16(21)8-9-18-25(22,23)15-7-6-13-4-2-3-5-14(13)10-15/h6-7,10-11,18H,2-5,8-9H2,1H3,(H,19,20,21). The van der Waals surface area contributed by atoms with Gasteiger partial charge in [-0.1, -0.05) is 6.07 Å². The number of sulfonamides is 1. The number of hydrogen-bond donors (Lipinski definition) is 2. The summed E-state index contributed by atoms with van der Waals surface area (Å²) in [5.41, 5.74) is 3.20. The number of carbonyl (C=O) groups excluding carboxylic acids is 1. The Bertz CT molecular complexity index is 875. The highest BCUT2D eigenvalue weighted by molar-refractivity contribution is 7.89. The minimum absolute atomic E-state index is 0.0512. The molecule has 6 nitrogen and oxygen atoms in total. The van der Waals surface area contributed by atoms with Gasteiger partial charge in [0.25, 0.3) is 0 Å². The molecule has 8 heteroatoms. The summed E-state index contributed by atoms with van der Waals surface area (Å²) in [6.45, 7) is 1.90. The third-order valence-electron chi connectivity index (χ3n) is 4.14. The number of anilines is 1. The number of aromatic nitrogens is 1. The Labute approximate surface area is 151 Å². The lowest BCUT2D eigenvalue weighted by Gasteiger charge is -2.16. The third kappa shape index (κ3) is 4.65. The molecule has 3 rings (SSSR count). The number of rotatable bonds is 6. The fourth-order valence-electron chi connectivity index (χ4n) is 2.85. The summed E-state index contributed by atoms with van der Waals surface area (Å²) in [7, 11) is -3.60. The first-order valence-electron chi connectivity index (χ1n) is 8.27. The number of carbonyl (C=O) groups is 1. The summed E-state index contributed by atoms with van der Waals surface area (Å²) in [6, 6.07) is 5.31. The van der Waals surface area contributed by atoms with Crippen molar-refractivity contribution in [2.45, 2.75) is 43.9 Å². The lowest BCUT2D eigenvalue weighted by Crippen LogP contribution is -2.28. The number of amides is 1. The van der Waals surface area contributed by atoms with Crippen LogP contribution in [0.4, 0.5) is 5.13 Å². The van der Waals surface area contributed by atoms with Gasteiger partial charge < -0.3 is 5.32 Å². The number of hydrogen-bond acceptors (Lipinski definition) is 5. The van der Waals surface area contributed by atoms with Gasteiger partial charge in [-0.3, -0.25) is 4.79 Å². The lowest BCUT2D eigenvalue weighted by molar-refractivity contribution is -0.116. The second-order valence-electron chi connectivity index (χ2n) is 6.13. The predicted molar refractivity (Wildman–Crippen MR) is 98.4 cm³/mol. The van der Waals surface area contributed by atoms with Gasteiger partial charge in [0.2, 0.25) is 15.9 Å². The van der Waals surface area contributed by atoms with Crippen molar-refractivity contribution in [2.75, 3.05) is 11.9 Å². The van der Waals surface area contributed by atoms with Gasteiger partial charge in [0.15, 0.2) is 5.13 Å². The molecule has 25 heavy (non-hydrogen) atoms. The molecule has 2 aromatic rings. The van der Waals surface area contributed by atoms with Crippen molar-refractivity contribution in [2.24, 2.45) is 0 Å². The van der Waals surface area contributed by atoms with E-state index >= 15 is 0 Å². The molecular weight excluding hydrogens is 358 g/mol. The van der Waals surface area contributed by atoms with Crippen LogP contribution in [0.2, 0.25) is 0 Å². The average molecular weight is 380 g/mol. The van der Waals surface area contributed by atoms with Crippen LogP contribution in [0.15, 0.2) is 28.5 Å². The molecule has 0 radical (unpaired) electrons. The second-order valence-corrected chi connectivity index (χ2v) is 8.75. The normalized spacial score (nSPS) is 14.1. The number of aryl methyl sites for hydroxylation is 3. The van der Waals surface area contributed by atoms with E-state index in [1.165, 1.54) is 16.9 Å². The molecule has 0 bridgehead atoms. The van der Waals surface area contributed by atoms with Gasteiger partial charge >= 0.3 is 0 Å². The van der Waals surface area contributed by atoms with E-state index in [0.29, 0.717) is 5.13 Å². The van der Waals surface area contributed by atoms with Crippen molar-refractivity contribution >= 4 is 32.4 Å². The first-order valence-corrected chi connectivity index (χ1v) is 10.6. The van der Waals surface area contributed by atoms with Gasteiger partial charge in [0, 0.05) is 18.3 Å². The summed E-state index contributed by atoms with van der Waals surface area (Å²) in [5, 5.41) is 5.03. The molecule has 1 amide bonds. The SMILES string of the molecule is Cc1csc(NC(=O)CCNS(=O)(=O)c2ccc3c(c2)CCCC3)n1. The number of nitrogens with zero attached hydrogens (tertiary/aromatic N) is 1. The molecule has 134 valence electrons. The maximum Gasteiger partial charge on any atom is 0.240 e. The first-order chi connectivity index (χ1) is 11.9. The third-order valence-corrected chi connectivity index (χ3v) is 6.47. The van der Waals surface area contributed by atoms with E-state index in [2.05, 4.69) is 15.0 Å². The highest BCUT2D eigenvalue weighted by atomic mass is 32.2. The molecule has 2 N–H and O–H groups in total. The molecule has 1 aromatic heterocycles. The van der Waals surface area contributed by atoms with Crippen LogP contribution in [-0.4, -0.2) is 25.9 Å². The second kappa shape index (κ2) is 7.63. The predicted octanol–water partition coefficient (Wildman–Crippen LogP) is 2.64. The molecule has 0 spiro atoms. The molecule has 1 aliphatic rings. The van der Waals surface area contributed by atoms with E-state index in [0.717, 1.165) is 36.9 Å². The zero-order valence-electron chi connectivity index (χ0n) is 14.0. The van der Waals surface area contributed by atoms with Gasteiger partial charge in [0.05, 0.1) is 10.6 Å². The van der Waals surface area contributed by atoms with Crippen LogP contribution in [0.5, 0.6) is 0 Å². The number of nitrogens with one attached hydrogen (secondary N) is 2. The Morgan fingerprint density at radius 2 is 2.00 bits per heavy atom. The Kier molecular flexibility index (Phi) is 5.51. The van der Waals surface area contributed by atoms with Crippen LogP contribution in [0.25, 0.3) is 0 Å². The van der Waals surface area contributed by atoms with Crippen molar-refractivity contribution in [3.63, 3.8) is 0 Å². The van der Waals surface area contributed by atoms with E-state index in [9.17, 15) is 13.2 Å². The van der Waals surface area contributed by atoms with E-state index in [-0.39, 0.29) is 23.8 Å². The lowest BCUT2D eigenvalue weighted by atomic mass is 9.92. The number of benzene rings is 1. The molecule has 0 atom stereocenters. The van der Waals surface area contributed by atoms with Crippen LogP contribution in [0.3, 0.4) is 0 Å². The van der Waals surface area contributed by atoms with Gasteiger partial charge in [-0.2, -0.15) is 0 Å². The molecular formula is C17H21N3O3S2. The molecule has 0 saturated heterocycles. The van der Waals surface area contributed by atoms with Crippen molar-refractivity contribution in [3.8, 4) is 0 Å². The van der Waals surface area contributed by atoms with Gasteiger partial charge in [-0.05, 0) is 55.9 Å². The first kappa shape index (κ1) is 18.0. The fraction of sp³-hybridized carbons (Fsp3) is 0.412. The summed E-state index contributed by atoms with van der Waals surface area (Å²) >= 11 is 1.35. The quantitative estimate of drug-likeness (QED) is 0.808. The zero-order chi connectivity index (χ0) is 17.9. The maximum atomic E-state index is 12.4. The van der Waals surface area contributed by atoms with Crippen LogP contribution in [-0.2, 0) is 27.7 Å². The summed E-state index contributed by atoms with van der Waals surface area (Å²) in [5.74, 6) is -0.262. The minimum Gasteiger partial charge on any atom is -0.302 e. The van der Waals surface area contributed by atoms with Crippen molar-refractivity contribution in [3.05, 3.63) is 40.4 Å².